The highest BCUT2D eigenvalue weighted by atomic mass is 28.4. The number of hydrogen-bond acceptors (Lipinski definition) is 1. The van der Waals surface area contributed by atoms with Crippen LogP contribution in [0.5, 0.6) is 0 Å². The first kappa shape index (κ1) is 12.8. The van der Waals surface area contributed by atoms with Gasteiger partial charge in [0.15, 0.2) is 0 Å². The van der Waals surface area contributed by atoms with E-state index in [-0.39, 0.29) is 0 Å². The van der Waals surface area contributed by atoms with Crippen LogP contribution in [0.15, 0.2) is 42.6 Å². The summed E-state index contributed by atoms with van der Waals surface area (Å²) in [5.74, 6) is 6.22. The van der Waals surface area contributed by atoms with Crippen LogP contribution in [-0.2, 0) is 4.43 Å². The van der Waals surface area contributed by atoms with Crippen molar-refractivity contribution in [2.45, 2.75) is 19.5 Å². The van der Waals surface area contributed by atoms with Crippen LogP contribution in [0.1, 0.15) is 12.0 Å². The molecular formula is C14H18OSi. The molecule has 0 saturated heterocycles. The van der Waals surface area contributed by atoms with Gasteiger partial charge in [-0.15, -0.1) is 6.58 Å². The number of rotatable bonds is 4. The average Bonchev–Trinajstić information content (AvgIpc) is 2.30. The molecule has 84 valence electrons. The van der Waals surface area contributed by atoms with Gasteiger partial charge in [0.1, 0.15) is 0 Å². The zero-order chi connectivity index (χ0) is 11.9. The Labute approximate surface area is 99.3 Å². The third-order valence-electron chi connectivity index (χ3n) is 2.20. The lowest BCUT2D eigenvalue weighted by Gasteiger charge is -2.16. The van der Waals surface area contributed by atoms with Crippen molar-refractivity contribution in [3.05, 3.63) is 48.2 Å². The zero-order valence-electron chi connectivity index (χ0n) is 9.99. The molecule has 1 nitrogen and oxygen atoms in total. The van der Waals surface area contributed by atoms with Crippen molar-refractivity contribution in [3.63, 3.8) is 0 Å². The summed E-state index contributed by atoms with van der Waals surface area (Å²) < 4.78 is 5.73. The molecule has 0 spiro atoms. The Morgan fingerprint density at radius 1 is 1.31 bits per heavy atom. The Hall–Kier alpha value is -1.30. The molecule has 0 saturated carbocycles. The van der Waals surface area contributed by atoms with Gasteiger partial charge in [-0.25, -0.2) is 0 Å². The highest BCUT2D eigenvalue weighted by Crippen LogP contribution is 2.04. The molecule has 0 aliphatic carbocycles. The van der Waals surface area contributed by atoms with Gasteiger partial charge in [0, 0.05) is 18.6 Å². The van der Waals surface area contributed by atoms with Gasteiger partial charge in [-0.3, -0.25) is 0 Å². The Morgan fingerprint density at radius 3 is 2.62 bits per heavy atom. The molecule has 0 aliphatic heterocycles. The zero-order valence-corrected chi connectivity index (χ0v) is 11.0. The number of benzene rings is 1. The topological polar surface area (TPSA) is 9.23 Å². The van der Waals surface area contributed by atoms with Gasteiger partial charge in [0.2, 0.25) is 8.32 Å². The molecular weight excluding hydrogens is 212 g/mol. The van der Waals surface area contributed by atoms with Crippen LogP contribution in [0.25, 0.3) is 0 Å². The Balaban J connectivity index is 2.32. The summed E-state index contributed by atoms with van der Waals surface area (Å²) in [6.45, 7) is 8.74. The largest absolute Gasteiger partial charge is 0.413 e. The van der Waals surface area contributed by atoms with Crippen molar-refractivity contribution in [2.24, 2.45) is 0 Å². The molecule has 0 aliphatic rings. The molecule has 2 heteroatoms. The van der Waals surface area contributed by atoms with Crippen LogP contribution in [0.4, 0.5) is 0 Å². The molecule has 0 aromatic heterocycles. The van der Waals surface area contributed by atoms with Gasteiger partial charge in [-0.1, -0.05) is 35.7 Å². The van der Waals surface area contributed by atoms with E-state index < -0.39 is 8.32 Å². The predicted molar refractivity (Wildman–Crippen MR) is 71.6 cm³/mol. The monoisotopic (exact) mass is 230 g/mol. The van der Waals surface area contributed by atoms with Crippen molar-refractivity contribution in [1.82, 2.24) is 0 Å². The Kier molecular flexibility index (Phi) is 5.04. The van der Waals surface area contributed by atoms with Gasteiger partial charge < -0.3 is 4.43 Å². The van der Waals surface area contributed by atoms with Crippen molar-refractivity contribution >= 4 is 8.32 Å². The summed E-state index contributed by atoms with van der Waals surface area (Å²) in [7, 11) is -1.61. The van der Waals surface area contributed by atoms with E-state index in [1.165, 1.54) is 0 Å². The average molecular weight is 230 g/mol. The van der Waals surface area contributed by atoms with Crippen molar-refractivity contribution < 1.29 is 4.43 Å². The summed E-state index contributed by atoms with van der Waals surface area (Å²) in [6.07, 6.45) is 0.777. The lowest BCUT2D eigenvalue weighted by atomic mass is 10.2. The SMILES string of the molecule is C=C[Si](C)(C)OCCC#Cc1ccccc1. The van der Waals surface area contributed by atoms with Gasteiger partial charge >= 0.3 is 0 Å². The van der Waals surface area contributed by atoms with E-state index in [0.717, 1.165) is 12.0 Å². The summed E-state index contributed by atoms with van der Waals surface area (Å²) in [5.41, 5.74) is 3.00. The molecule has 1 rings (SSSR count). The van der Waals surface area contributed by atoms with Crippen molar-refractivity contribution in [1.29, 1.82) is 0 Å². The molecule has 0 N–H and O–H groups in total. The van der Waals surface area contributed by atoms with Crippen LogP contribution in [-0.4, -0.2) is 14.9 Å². The molecule has 0 heterocycles. The lowest BCUT2D eigenvalue weighted by Crippen LogP contribution is -2.27. The maximum atomic E-state index is 5.73. The third kappa shape index (κ3) is 4.97. The molecule has 0 radical (unpaired) electrons. The van der Waals surface area contributed by atoms with Crippen LogP contribution in [0, 0.1) is 11.8 Å². The van der Waals surface area contributed by atoms with Crippen LogP contribution >= 0.6 is 0 Å². The van der Waals surface area contributed by atoms with Crippen LogP contribution < -0.4 is 0 Å². The second-order valence-electron chi connectivity index (χ2n) is 4.07. The Bertz CT molecular complexity index is 384. The molecule has 0 amide bonds. The van der Waals surface area contributed by atoms with E-state index in [2.05, 4.69) is 31.5 Å². The van der Waals surface area contributed by atoms with Crippen LogP contribution in [0.2, 0.25) is 13.1 Å². The van der Waals surface area contributed by atoms with Crippen LogP contribution in [0.3, 0.4) is 0 Å². The van der Waals surface area contributed by atoms with Gasteiger partial charge in [-0.05, 0) is 25.2 Å². The highest BCUT2D eigenvalue weighted by molar-refractivity contribution is 6.76. The van der Waals surface area contributed by atoms with Gasteiger partial charge in [-0.2, -0.15) is 0 Å². The number of hydrogen-bond donors (Lipinski definition) is 0. The predicted octanol–water partition coefficient (Wildman–Crippen LogP) is 3.38. The Morgan fingerprint density at radius 2 is 2.00 bits per heavy atom. The first-order valence-electron chi connectivity index (χ1n) is 5.45. The van der Waals surface area contributed by atoms with E-state index in [1.807, 2.05) is 36.0 Å². The summed E-state index contributed by atoms with van der Waals surface area (Å²) in [5, 5.41) is 0. The maximum absolute atomic E-state index is 5.73. The van der Waals surface area contributed by atoms with E-state index in [9.17, 15) is 0 Å². The molecule has 0 unspecified atom stereocenters. The summed E-state index contributed by atoms with van der Waals surface area (Å²) >= 11 is 0. The quantitative estimate of drug-likeness (QED) is 0.438. The minimum absolute atomic E-state index is 0.699. The molecule has 16 heavy (non-hydrogen) atoms. The van der Waals surface area contributed by atoms with Gasteiger partial charge in [0.05, 0.1) is 0 Å². The minimum Gasteiger partial charge on any atom is -0.413 e. The second kappa shape index (κ2) is 6.32. The second-order valence-corrected chi connectivity index (χ2v) is 7.98. The fourth-order valence-corrected chi connectivity index (χ4v) is 1.86. The first-order valence-corrected chi connectivity index (χ1v) is 8.44. The summed E-state index contributed by atoms with van der Waals surface area (Å²) in [4.78, 5) is 0. The standard InChI is InChI=1S/C14H18OSi/c1-4-16(2,3)15-13-9-8-12-14-10-6-5-7-11-14/h4-7,10-11H,1,9,13H2,2-3H3. The maximum Gasteiger partial charge on any atom is 0.210 e. The minimum atomic E-state index is -1.61. The van der Waals surface area contributed by atoms with Crippen molar-refractivity contribution in [3.8, 4) is 11.8 Å². The molecule has 0 fully saturated rings. The normalized spacial score (nSPS) is 10.4. The molecule has 0 atom stereocenters. The molecule has 1 aromatic carbocycles. The lowest BCUT2D eigenvalue weighted by molar-refractivity contribution is 0.325. The first-order chi connectivity index (χ1) is 7.64. The molecule has 1 aromatic rings. The highest BCUT2D eigenvalue weighted by Gasteiger charge is 2.15. The van der Waals surface area contributed by atoms with E-state index >= 15 is 0 Å². The van der Waals surface area contributed by atoms with Crippen molar-refractivity contribution in [2.75, 3.05) is 6.61 Å². The third-order valence-corrected chi connectivity index (χ3v) is 4.13. The molecule has 0 bridgehead atoms. The van der Waals surface area contributed by atoms with E-state index in [0.29, 0.717) is 6.61 Å². The van der Waals surface area contributed by atoms with Gasteiger partial charge in [0.25, 0.3) is 0 Å². The van der Waals surface area contributed by atoms with E-state index in [4.69, 9.17) is 4.43 Å². The fourth-order valence-electron chi connectivity index (χ4n) is 1.11. The van der Waals surface area contributed by atoms with E-state index in [1.54, 1.807) is 0 Å². The summed E-state index contributed by atoms with van der Waals surface area (Å²) in [6, 6.07) is 10.0. The smallest absolute Gasteiger partial charge is 0.210 e. The fraction of sp³-hybridized carbons (Fsp3) is 0.286.